The Hall–Kier alpha value is -1.85. The first-order valence-corrected chi connectivity index (χ1v) is 4.47. The average Bonchev–Trinajstić information content (AvgIpc) is 2.49. The van der Waals surface area contributed by atoms with Crippen molar-refractivity contribution < 1.29 is 14.7 Å². The summed E-state index contributed by atoms with van der Waals surface area (Å²) in [6, 6.07) is 0.801. The van der Waals surface area contributed by atoms with Crippen molar-refractivity contribution in [2.45, 2.75) is 19.4 Å². The third-order valence-corrected chi connectivity index (χ3v) is 1.86. The zero-order valence-corrected chi connectivity index (χ0v) is 8.60. The molecule has 0 aromatic carbocycles. The molecule has 0 aliphatic rings. The highest BCUT2D eigenvalue weighted by Gasteiger charge is 2.19. The van der Waals surface area contributed by atoms with E-state index in [9.17, 15) is 9.59 Å². The molecule has 6 nitrogen and oxygen atoms in total. The molecule has 0 radical (unpaired) electrons. The number of carboxylic acids is 1. The van der Waals surface area contributed by atoms with E-state index in [-0.39, 0.29) is 12.3 Å². The van der Waals surface area contributed by atoms with Crippen LogP contribution in [0.15, 0.2) is 12.3 Å². The Morgan fingerprint density at radius 3 is 2.73 bits per heavy atom. The molecule has 0 aliphatic carbocycles. The topological polar surface area (TPSA) is 84.2 Å². The van der Waals surface area contributed by atoms with Crippen LogP contribution >= 0.6 is 0 Å². The van der Waals surface area contributed by atoms with Crippen LogP contribution in [-0.4, -0.2) is 32.8 Å². The van der Waals surface area contributed by atoms with Crippen LogP contribution in [0.2, 0.25) is 0 Å². The van der Waals surface area contributed by atoms with Crippen molar-refractivity contribution in [3.63, 3.8) is 0 Å². The largest absolute Gasteiger partial charge is 0.480 e. The quantitative estimate of drug-likeness (QED) is 0.706. The number of carboxylic acid groups (broad SMARTS) is 1. The molecule has 0 aliphatic heterocycles. The summed E-state index contributed by atoms with van der Waals surface area (Å²) in [7, 11) is 1.75. The fourth-order valence-corrected chi connectivity index (χ4v) is 1.23. The minimum Gasteiger partial charge on any atom is -0.480 e. The third kappa shape index (κ3) is 3.41. The number of carbonyl (C=O) groups excluding carboxylic acids is 1. The molecule has 15 heavy (non-hydrogen) atoms. The number of nitrogens with one attached hydrogen (secondary N) is 1. The van der Waals surface area contributed by atoms with Crippen molar-refractivity contribution in [3.05, 3.63) is 18.0 Å². The SMILES string of the molecule is CC(=O)NC(Cc1ccn(C)n1)C(=O)O. The minimum atomic E-state index is -1.06. The smallest absolute Gasteiger partial charge is 0.326 e. The summed E-state index contributed by atoms with van der Waals surface area (Å²) in [5, 5.41) is 15.2. The fraction of sp³-hybridized carbons (Fsp3) is 0.444. The molecule has 6 heteroatoms. The van der Waals surface area contributed by atoms with Gasteiger partial charge >= 0.3 is 5.97 Å². The molecule has 1 aromatic heterocycles. The van der Waals surface area contributed by atoms with Gasteiger partial charge in [-0.25, -0.2) is 4.79 Å². The molecule has 0 spiro atoms. The zero-order valence-electron chi connectivity index (χ0n) is 8.60. The summed E-state index contributed by atoms with van der Waals surface area (Å²) in [4.78, 5) is 21.6. The molecule has 0 saturated carbocycles. The predicted octanol–water partition coefficient (Wildman–Crippen LogP) is -0.448. The van der Waals surface area contributed by atoms with Crippen LogP contribution < -0.4 is 5.32 Å². The Balaban J connectivity index is 2.66. The van der Waals surface area contributed by atoms with Gasteiger partial charge in [-0.1, -0.05) is 0 Å². The Bertz CT molecular complexity index is 372. The van der Waals surface area contributed by atoms with Gasteiger partial charge in [-0.3, -0.25) is 9.48 Å². The number of nitrogens with zero attached hydrogens (tertiary/aromatic N) is 2. The number of aromatic nitrogens is 2. The number of aliphatic carboxylic acids is 1. The Labute approximate surface area is 86.9 Å². The molecule has 0 bridgehead atoms. The van der Waals surface area contributed by atoms with Crippen molar-refractivity contribution in [2.75, 3.05) is 0 Å². The lowest BCUT2D eigenvalue weighted by Crippen LogP contribution is -2.41. The van der Waals surface area contributed by atoms with E-state index in [2.05, 4.69) is 10.4 Å². The van der Waals surface area contributed by atoms with Gasteiger partial charge in [0.2, 0.25) is 5.91 Å². The Morgan fingerprint density at radius 1 is 1.67 bits per heavy atom. The van der Waals surface area contributed by atoms with E-state index in [1.54, 1.807) is 24.0 Å². The van der Waals surface area contributed by atoms with Crippen molar-refractivity contribution in [1.29, 1.82) is 0 Å². The van der Waals surface area contributed by atoms with Gasteiger partial charge in [0.1, 0.15) is 6.04 Å². The predicted molar refractivity (Wildman–Crippen MR) is 52.2 cm³/mol. The number of carbonyl (C=O) groups is 2. The van der Waals surface area contributed by atoms with Crippen molar-refractivity contribution in [1.82, 2.24) is 15.1 Å². The summed E-state index contributed by atoms with van der Waals surface area (Å²) in [5.74, 6) is -1.42. The molecule has 1 atom stereocenters. The van der Waals surface area contributed by atoms with E-state index in [4.69, 9.17) is 5.11 Å². The number of hydrogen-bond acceptors (Lipinski definition) is 3. The van der Waals surface area contributed by atoms with Crippen LogP contribution in [0.3, 0.4) is 0 Å². The van der Waals surface area contributed by atoms with E-state index in [0.717, 1.165) is 0 Å². The van der Waals surface area contributed by atoms with Gasteiger partial charge in [-0.2, -0.15) is 5.10 Å². The number of amides is 1. The minimum absolute atomic E-state index is 0.190. The standard InChI is InChI=1S/C9H13N3O3/c1-6(13)10-8(9(14)15)5-7-3-4-12(2)11-7/h3-4,8H,5H2,1-2H3,(H,10,13)(H,14,15). The van der Waals surface area contributed by atoms with Crippen LogP contribution in [-0.2, 0) is 23.1 Å². The van der Waals surface area contributed by atoms with Crippen LogP contribution in [0.25, 0.3) is 0 Å². The van der Waals surface area contributed by atoms with Gasteiger partial charge in [0.25, 0.3) is 0 Å². The highest BCUT2D eigenvalue weighted by molar-refractivity contribution is 5.82. The van der Waals surface area contributed by atoms with Crippen LogP contribution in [0.5, 0.6) is 0 Å². The van der Waals surface area contributed by atoms with Crippen molar-refractivity contribution >= 4 is 11.9 Å². The first-order chi connectivity index (χ1) is 6.99. The van der Waals surface area contributed by atoms with Gasteiger partial charge in [0.05, 0.1) is 5.69 Å². The molecule has 0 fully saturated rings. The monoisotopic (exact) mass is 211 g/mol. The molecule has 2 N–H and O–H groups in total. The van der Waals surface area contributed by atoms with Gasteiger partial charge in [-0.05, 0) is 6.07 Å². The molecular formula is C9H13N3O3. The number of hydrogen-bond donors (Lipinski definition) is 2. The fourth-order valence-electron chi connectivity index (χ4n) is 1.23. The first kappa shape index (κ1) is 11.2. The normalized spacial score (nSPS) is 12.1. The lowest BCUT2D eigenvalue weighted by molar-refractivity contribution is -0.141. The highest BCUT2D eigenvalue weighted by atomic mass is 16.4. The molecule has 1 amide bonds. The number of rotatable bonds is 4. The molecule has 1 rings (SSSR count). The van der Waals surface area contributed by atoms with Gasteiger partial charge in [0.15, 0.2) is 0 Å². The number of aryl methyl sites for hydroxylation is 1. The van der Waals surface area contributed by atoms with Crippen molar-refractivity contribution in [2.24, 2.45) is 7.05 Å². The maximum atomic E-state index is 10.8. The summed E-state index contributed by atoms with van der Waals surface area (Å²) < 4.78 is 1.59. The second kappa shape index (κ2) is 4.59. The maximum Gasteiger partial charge on any atom is 0.326 e. The van der Waals surface area contributed by atoms with E-state index in [1.807, 2.05) is 0 Å². The summed E-state index contributed by atoms with van der Waals surface area (Å²) in [5.41, 5.74) is 0.638. The molecule has 1 heterocycles. The second-order valence-corrected chi connectivity index (χ2v) is 3.28. The lowest BCUT2D eigenvalue weighted by Gasteiger charge is -2.11. The molecular weight excluding hydrogens is 198 g/mol. The van der Waals surface area contributed by atoms with Crippen LogP contribution in [0, 0.1) is 0 Å². The maximum absolute atomic E-state index is 10.8. The zero-order chi connectivity index (χ0) is 11.4. The molecule has 0 saturated heterocycles. The van der Waals surface area contributed by atoms with Gasteiger partial charge < -0.3 is 10.4 Å². The van der Waals surface area contributed by atoms with Crippen molar-refractivity contribution in [3.8, 4) is 0 Å². The van der Waals surface area contributed by atoms with Gasteiger partial charge in [-0.15, -0.1) is 0 Å². The summed E-state index contributed by atoms with van der Waals surface area (Å²) in [6.45, 7) is 1.29. The second-order valence-electron chi connectivity index (χ2n) is 3.28. The Morgan fingerprint density at radius 2 is 2.33 bits per heavy atom. The van der Waals surface area contributed by atoms with E-state index in [0.29, 0.717) is 5.69 Å². The summed E-state index contributed by atoms with van der Waals surface area (Å²) in [6.07, 6.45) is 1.91. The third-order valence-electron chi connectivity index (χ3n) is 1.86. The van der Waals surface area contributed by atoms with Crippen LogP contribution in [0.4, 0.5) is 0 Å². The average molecular weight is 211 g/mol. The molecule has 1 aromatic rings. The van der Waals surface area contributed by atoms with Crippen LogP contribution in [0.1, 0.15) is 12.6 Å². The first-order valence-electron chi connectivity index (χ1n) is 4.47. The highest BCUT2D eigenvalue weighted by Crippen LogP contribution is 2.00. The summed E-state index contributed by atoms with van der Waals surface area (Å²) >= 11 is 0. The molecule has 82 valence electrons. The van der Waals surface area contributed by atoms with E-state index in [1.165, 1.54) is 6.92 Å². The lowest BCUT2D eigenvalue weighted by atomic mass is 10.1. The van der Waals surface area contributed by atoms with E-state index < -0.39 is 12.0 Å². The van der Waals surface area contributed by atoms with E-state index >= 15 is 0 Å². The van der Waals surface area contributed by atoms with Gasteiger partial charge in [0, 0.05) is 26.6 Å². The molecule has 1 unspecified atom stereocenters. The Kier molecular flexibility index (Phi) is 3.43.